The molecule has 0 spiro atoms. The lowest BCUT2D eigenvalue weighted by molar-refractivity contribution is 0.276. The first kappa shape index (κ1) is 20.2. The number of hydrogen-bond donors (Lipinski definition) is 0. The van der Waals surface area contributed by atoms with Crippen molar-refractivity contribution in [2.75, 3.05) is 33.2 Å². The lowest BCUT2D eigenvalue weighted by Crippen LogP contribution is -2.26. The molecule has 1 heterocycles. The zero-order chi connectivity index (χ0) is 14.4. The monoisotopic (exact) mass is 258 g/mol. The Bertz CT molecular complexity index is 140. The van der Waals surface area contributed by atoms with Gasteiger partial charge in [-0.25, -0.2) is 0 Å². The van der Waals surface area contributed by atoms with E-state index in [1.165, 1.54) is 51.9 Å². The fourth-order valence-corrected chi connectivity index (χ4v) is 1.84. The third-order valence-corrected chi connectivity index (χ3v) is 3.30. The van der Waals surface area contributed by atoms with E-state index in [-0.39, 0.29) is 0 Å². The van der Waals surface area contributed by atoms with Crippen molar-refractivity contribution >= 4 is 0 Å². The molecule has 0 aromatic heterocycles. The normalized spacial score (nSPS) is 15.2. The molecule has 0 aromatic rings. The topological polar surface area (TPSA) is 6.48 Å². The van der Waals surface area contributed by atoms with Crippen LogP contribution in [-0.4, -0.2) is 49.1 Å². The summed E-state index contributed by atoms with van der Waals surface area (Å²) in [6.45, 7) is 18.1. The molecule has 0 aliphatic carbocycles. The van der Waals surface area contributed by atoms with Crippen LogP contribution in [-0.2, 0) is 0 Å². The Hall–Kier alpha value is -0.0800. The molecule has 0 unspecified atom stereocenters. The van der Waals surface area contributed by atoms with E-state index < -0.39 is 0 Å². The maximum absolute atomic E-state index is 2.53. The molecule has 1 rings (SSSR count). The Morgan fingerprint density at radius 1 is 1.06 bits per heavy atom. The molecular weight excluding hydrogens is 220 g/mol. The largest absolute Gasteiger partial charge is 0.307 e. The summed E-state index contributed by atoms with van der Waals surface area (Å²) in [7, 11) is 2.16. The van der Waals surface area contributed by atoms with E-state index in [9.17, 15) is 0 Å². The van der Waals surface area contributed by atoms with Gasteiger partial charge in [-0.15, -0.1) is 0 Å². The lowest BCUT2D eigenvalue weighted by atomic mass is 10.3. The molecule has 0 amide bonds. The van der Waals surface area contributed by atoms with Crippen LogP contribution in [0.15, 0.2) is 0 Å². The Morgan fingerprint density at radius 2 is 1.56 bits per heavy atom. The fraction of sp³-hybridized carbons (Fsp3) is 1.00. The van der Waals surface area contributed by atoms with Crippen LogP contribution in [0.4, 0.5) is 0 Å². The third-order valence-electron chi connectivity index (χ3n) is 3.30. The van der Waals surface area contributed by atoms with Crippen molar-refractivity contribution < 1.29 is 0 Å². The van der Waals surface area contributed by atoms with Gasteiger partial charge in [0.1, 0.15) is 0 Å². The van der Waals surface area contributed by atoms with Crippen LogP contribution >= 0.6 is 0 Å². The van der Waals surface area contributed by atoms with Crippen molar-refractivity contribution in [1.29, 1.82) is 0 Å². The van der Waals surface area contributed by atoms with Crippen molar-refractivity contribution in [1.82, 2.24) is 9.80 Å². The third kappa shape index (κ3) is 12.4. The van der Waals surface area contributed by atoms with Crippen molar-refractivity contribution in [2.45, 2.75) is 73.3 Å². The van der Waals surface area contributed by atoms with Crippen LogP contribution in [0.1, 0.15) is 67.2 Å². The zero-order valence-corrected chi connectivity index (χ0v) is 14.1. The SMILES string of the molecule is CC.CC(C)N1CCCC1.CCCCN(C)CC. The van der Waals surface area contributed by atoms with Crippen LogP contribution in [0.5, 0.6) is 0 Å². The molecule has 0 aromatic carbocycles. The molecule has 2 nitrogen and oxygen atoms in total. The Morgan fingerprint density at radius 3 is 1.83 bits per heavy atom. The minimum Gasteiger partial charge on any atom is -0.307 e. The highest BCUT2D eigenvalue weighted by molar-refractivity contribution is 4.68. The summed E-state index contributed by atoms with van der Waals surface area (Å²) in [5.41, 5.74) is 0. The summed E-state index contributed by atoms with van der Waals surface area (Å²) >= 11 is 0. The number of hydrogen-bond acceptors (Lipinski definition) is 2. The standard InChI is InChI=1S/C7H15N.C7H17N.C2H6/c1-7(2)8-5-3-4-6-8;1-4-6-7-8(3)5-2;1-2/h7H,3-6H2,1-2H3;4-7H2,1-3H3;1-2H3. The molecule has 1 saturated heterocycles. The van der Waals surface area contributed by atoms with Gasteiger partial charge in [-0.1, -0.05) is 34.1 Å². The predicted octanol–water partition coefficient (Wildman–Crippen LogP) is 4.26. The second kappa shape index (κ2) is 15.0. The Balaban J connectivity index is 0. The highest BCUT2D eigenvalue weighted by Crippen LogP contribution is 2.09. The van der Waals surface area contributed by atoms with Gasteiger partial charge >= 0.3 is 0 Å². The zero-order valence-electron chi connectivity index (χ0n) is 14.1. The molecule has 1 aliphatic heterocycles. The van der Waals surface area contributed by atoms with E-state index in [0.717, 1.165) is 6.04 Å². The first-order valence-electron chi connectivity index (χ1n) is 8.04. The van der Waals surface area contributed by atoms with Gasteiger partial charge in [-0.3, -0.25) is 0 Å². The first-order chi connectivity index (χ1) is 8.61. The second-order valence-electron chi connectivity index (χ2n) is 5.09. The number of rotatable bonds is 5. The summed E-state index contributed by atoms with van der Waals surface area (Å²) in [6.07, 6.45) is 5.48. The van der Waals surface area contributed by atoms with E-state index in [2.05, 4.69) is 44.5 Å². The van der Waals surface area contributed by atoms with E-state index >= 15 is 0 Å². The smallest absolute Gasteiger partial charge is 0.00385 e. The molecule has 0 saturated carbocycles. The van der Waals surface area contributed by atoms with Gasteiger partial charge in [0.15, 0.2) is 0 Å². The molecule has 0 bridgehead atoms. The van der Waals surface area contributed by atoms with Crippen molar-refractivity contribution in [2.24, 2.45) is 0 Å². The molecule has 18 heavy (non-hydrogen) atoms. The molecule has 1 aliphatic rings. The molecule has 0 N–H and O–H groups in total. The minimum absolute atomic E-state index is 0.775. The van der Waals surface area contributed by atoms with Gasteiger partial charge in [0.05, 0.1) is 0 Å². The van der Waals surface area contributed by atoms with Crippen LogP contribution < -0.4 is 0 Å². The van der Waals surface area contributed by atoms with Crippen molar-refractivity contribution in [3.63, 3.8) is 0 Å². The van der Waals surface area contributed by atoms with E-state index in [0.29, 0.717) is 0 Å². The Labute approximate surface area is 117 Å². The molecule has 1 fully saturated rings. The first-order valence-corrected chi connectivity index (χ1v) is 8.04. The van der Waals surface area contributed by atoms with Crippen LogP contribution in [0.2, 0.25) is 0 Å². The predicted molar refractivity (Wildman–Crippen MR) is 85.4 cm³/mol. The molecule has 2 heteroatoms. The van der Waals surface area contributed by atoms with Gasteiger partial charge in [-0.05, 0) is 66.3 Å². The van der Waals surface area contributed by atoms with Crippen LogP contribution in [0.25, 0.3) is 0 Å². The van der Waals surface area contributed by atoms with Gasteiger partial charge in [0.25, 0.3) is 0 Å². The van der Waals surface area contributed by atoms with E-state index in [4.69, 9.17) is 0 Å². The summed E-state index contributed by atoms with van der Waals surface area (Å²) in [4.78, 5) is 4.86. The summed E-state index contributed by atoms with van der Waals surface area (Å²) < 4.78 is 0. The van der Waals surface area contributed by atoms with Crippen molar-refractivity contribution in [3.05, 3.63) is 0 Å². The average Bonchev–Trinajstić information content (AvgIpc) is 2.93. The highest BCUT2D eigenvalue weighted by Gasteiger charge is 2.13. The number of nitrogens with zero attached hydrogens (tertiary/aromatic N) is 2. The maximum atomic E-state index is 2.53. The summed E-state index contributed by atoms with van der Waals surface area (Å²) in [5.74, 6) is 0. The quantitative estimate of drug-likeness (QED) is 0.727. The van der Waals surface area contributed by atoms with E-state index in [1.807, 2.05) is 13.8 Å². The minimum atomic E-state index is 0.775. The van der Waals surface area contributed by atoms with Gasteiger partial charge in [0, 0.05) is 6.04 Å². The van der Waals surface area contributed by atoms with Crippen LogP contribution in [0.3, 0.4) is 0 Å². The van der Waals surface area contributed by atoms with Gasteiger partial charge < -0.3 is 9.80 Å². The molecule has 112 valence electrons. The lowest BCUT2D eigenvalue weighted by Gasteiger charge is -2.18. The highest BCUT2D eigenvalue weighted by atomic mass is 15.2. The van der Waals surface area contributed by atoms with Gasteiger partial charge in [-0.2, -0.15) is 0 Å². The number of likely N-dealkylation sites (tertiary alicyclic amines) is 1. The summed E-state index contributed by atoms with van der Waals surface area (Å²) in [5, 5.41) is 0. The average molecular weight is 258 g/mol. The summed E-state index contributed by atoms with van der Waals surface area (Å²) in [6, 6.07) is 0.775. The molecule has 0 radical (unpaired) electrons. The van der Waals surface area contributed by atoms with Crippen molar-refractivity contribution in [3.8, 4) is 0 Å². The molecular formula is C16H38N2. The Kier molecular flexibility index (Phi) is 16.8. The number of unbranched alkanes of at least 4 members (excludes halogenated alkanes) is 1. The van der Waals surface area contributed by atoms with Gasteiger partial charge in [0.2, 0.25) is 0 Å². The fourth-order valence-electron chi connectivity index (χ4n) is 1.84. The maximum Gasteiger partial charge on any atom is 0.00385 e. The van der Waals surface area contributed by atoms with Crippen LogP contribution in [0, 0.1) is 0 Å². The van der Waals surface area contributed by atoms with E-state index in [1.54, 1.807) is 0 Å². The molecule has 0 atom stereocenters. The second-order valence-corrected chi connectivity index (χ2v) is 5.09.